The molecule has 1 N–H and O–H groups in total. The zero-order valence-corrected chi connectivity index (χ0v) is 18.1. The second-order valence-corrected chi connectivity index (χ2v) is 8.92. The highest BCUT2D eigenvalue weighted by Crippen LogP contribution is 2.14. The summed E-state index contributed by atoms with van der Waals surface area (Å²) in [7, 11) is -4.30. The first-order valence-corrected chi connectivity index (χ1v) is 11.7. The third-order valence-corrected chi connectivity index (χ3v) is 5.71. The van der Waals surface area contributed by atoms with Crippen LogP contribution in [0, 0.1) is 0 Å². The van der Waals surface area contributed by atoms with Gasteiger partial charge in [-0.05, 0) is 25.5 Å². The van der Waals surface area contributed by atoms with E-state index in [0.29, 0.717) is 0 Å². The number of unbranched alkanes of at least 4 members (excludes halogenated alkanes) is 7. The van der Waals surface area contributed by atoms with Gasteiger partial charge in [-0.3, -0.25) is 4.55 Å². The topological polar surface area (TPSA) is 107 Å². The SMILES string of the molecule is CCCCCCCCCCOC(=O)c1ccccc1C(=O)OCC(C)S(=O)(=O)O. The van der Waals surface area contributed by atoms with E-state index in [1.165, 1.54) is 51.2 Å². The normalized spacial score (nSPS) is 12.4. The third-order valence-electron chi connectivity index (χ3n) is 4.56. The zero-order valence-electron chi connectivity index (χ0n) is 17.3. The van der Waals surface area contributed by atoms with Gasteiger partial charge in [0.1, 0.15) is 11.9 Å². The molecule has 7 nitrogen and oxygen atoms in total. The van der Waals surface area contributed by atoms with Crippen LogP contribution in [0.25, 0.3) is 0 Å². The molecule has 0 spiro atoms. The summed E-state index contributed by atoms with van der Waals surface area (Å²) in [5.41, 5.74) is 0.0625. The predicted octanol–water partition coefficient (Wildman–Crippen LogP) is 4.42. The van der Waals surface area contributed by atoms with Crippen LogP contribution in [0.5, 0.6) is 0 Å². The molecular weight excluding hydrogens is 396 g/mol. The van der Waals surface area contributed by atoms with Gasteiger partial charge < -0.3 is 9.47 Å². The number of hydrogen-bond acceptors (Lipinski definition) is 6. The van der Waals surface area contributed by atoms with Crippen LogP contribution in [0.1, 0.15) is 85.9 Å². The Balaban J connectivity index is 2.45. The molecule has 0 aliphatic heterocycles. The minimum absolute atomic E-state index is 0.00374. The predicted molar refractivity (Wildman–Crippen MR) is 111 cm³/mol. The van der Waals surface area contributed by atoms with E-state index in [4.69, 9.17) is 14.0 Å². The van der Waals surface area contributed by atoms with Gasteiger partial charge in [0.15, 0.2) is 0 Å². The largest absolute Gasteiger partial charge is 0.462 e. The molecule has 0 fully saturated rings. The van der Waals surface area contributed by atoms with Crippen LogP contribution in [0.3, 0.4) is 0 Å². The molecule has 0 aliphatic carbocycles. The summed E-state index contributed by atoms with van der Waals surface area (Å²) in [6.45, 7) is 3.16. The molecule has 164 valence electrons. The van der Waals surface area contributed by atoms with Crippen LogP contribution in [0.15, 0.2) is 24.3 Å². The molecule has 0 radical (unpaired) electrons. The van der Waals surface area contributed by atoms with Gasteiger partial charge in [-0.15, -0.1) is 0 Å². The van der Waals surface area contributed by atoms with Crippen molar-refractivity contribution in [1.82, 2.24) is 0 Å². The van der Waals surface area contributed by atoms with E-state index in [1.807, 2.05) is 0 Å². The molecule has 29 heavy (non-hydrogen) atoms. The van der Waals surface area contributed by atoms with E-state index in [2.05, 4.69) is 6.92 Å². The highest BCUT2D eigenvalue weighted by Gasteiger charge is 2.23. The fourth-order valence-electron chi connectivity index (χ4n) is 2.67. The number of hydrogen-bond donors (Lipinski definition) is 1. The molecule has 1 atom stereocenters. The molecule has 0 saturated carbocycles. The Morgan fingerprint density at radius 3 is 1.90 bits per heavy atom. The minimum Gasteiger partial charge on any atom is -0.462 e. The van der Waals surface area contributed by atoms with Crippen molar-refractivity contribution < 1.29 is 32.0 Å². The number of carbonyl (C=O) groups excluding carboxylic acids is 2. The molecule has 0 heterocycles. The lowest BCUT2D eigenvalue weighted by Gasteiger charge is -2.12. The number of esters is 2. The Labute approximate surface area is 173 Å². The Kier molecular flexibility index (Phi) is 11.5. The first kappa shape index (κ1) is 25.1. The number of rotatable bonds is 14. The molecule has 0 saturated heterocycles. The molecule has 8 heteroatoms. The molecular formula is C21H32O7S. The van der Waals surface area contributed by atoms with Gasteiger partial charge in [0.2, 0.25) is 0 Å². The van der Waals surface area contributed by atoms with E-state index >= 15 is 0 Å². The molecule has 1 unspecified atom stereocenters. The molecule has 0 aromatic heterocycles. The summed E-state index contributed by atoms with van der Waals surface area (Å²) in [6, 6.07) is 6.04. The summed E-state index contributed by atoms with van der Waals surface area (Å²) in [5.74, 6) is -1.47. The lowest BCUT2D eigenvalue weighted by atomic mass is 10.1. The van der Waals surface area contributed by atoms with Crippen molar-refractivity contribution in [2.45, 2.75) is 70.5 Å². The van der Waals surface area contributed by atoms with Gasteiger partial charge in [0.05, 0.1) is 17.7 Å². The zero-order chi connectivity index (χ0) is 21.7. The average molecular weight is 429 g/mol. The quantitative estimate of drug-likeness (QED) is 0.265. The van der Waals surface area contributed by atoms with E-state index in [0.717, 1.165) is 19.3 Å². The van der Waals surface area contributed by atoms with E-state index in [1.54, 1.807) is 12.1 Å². The monoisotopic (exact) mass is 428 g/mol. The standard InChI is InChI=1S/C21H32O7S/c1-3-4-5-6-7-8-9-12-15-27-20(22)18-13-10-11-14-19(18)21(23)28-16-17(2)29(24,25)26/h10-11,13-14,17H,3-9,12,15-16H2,1-2H3,(H,24,25,26). The molecule has 0 bridgehead atoms. The van der Waals surface area contributed by atoms with Gasteiger partial charge in [0, 0.05) is 0 Å². The molecule has 1 rings (SSSR count). The molecule has 1 aromatic rings. The van der Waals surface area contributed by atoms with Crippen molar-refractivity contribution in [2.75, 3.05) is 13.2 Å². The number of benzene rings is 1. The highest BCUT2D eigenvalue weighted by molar-refractivity contribution is 7.86. The van der Waals surface area contributed by atoms with Crippen LogP contribution < -0.4 is 0 Å². The molecule has 0 amide bonds. The Bertz CT molecular complexity index is 743. The number of carbonyl (C=O) groups is 2. The fraction of sp³-hybridized carbons (Fsp3) is 0.619. The van der Waals surface area contributed by atoms with Crippen molar-refractivity contribution in [3.8, 4) is 0 Å². The van der Waals surface area contributed by atoms with Gasteiger partial charge in [0.25, 0.3) is 10.1 Å². The smallest absolute Gasteiger partial charge is 0.339 e. The second-order valence-electron chi connectivity index (χ2n) is 7.08. The number of ether oxygens (including phenoxy) is 2. The Morgan fingerprint density at radius 2 is 1.38 bits per heavy atom. The highest BCUT2D eigenvalue weighted by atomic mass is 32.2. The van der Waals surface area contributed by atoms with Crippen molar-refractivity contribution in [3.63, 3.8) is 0 Å². The van der Waals surface area contributed by atoms with Gasteiger partial charge in [-0.2, -0.15) is 8.42 Å². The van der Waals surface area contributed by atoms with E-state index in [-0.39, 0.29) is 17.7 Å². The Morgan fingerprint density at radius 1 is 0.897 bits per heavy atom. The average Bonchev–Trinajstić information content (AvgIpc) is 2.69. The summed E-state index contributed by atoms with van der Waals surface area (Å²) >= 11 is 0. The summed E-state index contributed by atoms with van der Waals surface area (Å²) in [6.07, 6.45) is 9.04. The van der Waals surface area contributed by atoms with Crippen LogP contribution in [0.4, 0.5) is 0 Å². The first-order chi connectivity index (χ1) is 13.8. The van der Waals surface area contributed by atoms with Crippen LogP contribution in [0.2, 0.25) is 0 Å². The van der Waals surface area contributed by atoms with Crippen molar-refractivity contribution >= 4 is 22.1 Å². The van der Waals surface area contributed by atoms with Crippen molar-refractivity contribution in [1.29, 1.82) is 0 Å². The second kappa shape index (κ2) is 13.3. The van der Waals surface area contributed by atoms with Gasteiger partial charge >= 0.3 is 11.9 Å². The fourth-order valence-corrected chi connectivity index (χ4v) is 2.91. The minimum atomic E-state index is -4.30. The maximum atomic E-state index is 12.3. The van der Waals surface area contributed by atoms with E-state index in [9.17, 15) is 18.0 Å². The first-order valence-electron chi connectivity index (χ1n) is 10.2. The summed E-state index contributed by atoms with van der Waals surface area (Å²) in [5, 5.41) is -1.26. The maximum Gasteiger partial charge on any atom is 0.339 e. The maximum absolute atomic E-state index is 12.3. The lowest BCUT2D eigenvalue weighted by Crippen LogP contribution is -2.25. The molecule has 1 aromatic carbocycles. The summed E-state index contributed by atoms with van der Waals surface area (Å²) in [4.78, 5) is 24.5. The van der Waals surface area contributed by atoms with Crippen molar-refractivity contribution in [3.05, 3.63) is 35.4 Å². The lowest BCUT2D eigenvalue weighted by molar-refractivity contribution is 0.0454. The van der Waals surface area contributed by atoms with Gasteiger partial charge in [-0.25, -0.2) is 9.59 Å². The van der Waals surface area contributed by atoms with Crippen LogP contribution in [-0.4, -0.2) is 43.4 Å². The Hall–Kier alpha value is -1.93. The molecule has 0 aliphatic rings. The van der Waals surface area contributed by atoms with Gasteiger partial charge in [-0.1, -0.05) is 64.0 Å². The third kappa shape index (κ3) is 9.89. The van der Waals surface area contributed by atoms with E-state index < -0.39 is 33.9 Å². The van der Waals surface area contributed by atoms with Crippen molar-refractivity contribution in [2.24, 2.45) is 0 Å². The van der Waals surface area contributed by atoms with Crippen LogP contribution in [-0.2, 0) is 19.6 Å². The summed E-state index contributed by atoms with van der Waals surface area (Å²) < 4.78 is 41.1. The van der Waals surface area contributed by atoms with Crippen LogP contribution >= 0.6 is 0 Å².